The van der Waals surface area contributed by atoms with Crippen LogP contribution < -0.4 is 5.73 Å². The van der Waals surface area contributed by atoms with Crippen molar-refractivity contribution in [2.75, 3.05) is 0 Å². The van der Waals surface area contributed by atoms with Crippen LogP contribution in [0.5, 0.6) is 0 Å². The third-order valence-electron chi connectivity index (χ3n) is 1.09. The van der Waals surface area contributed by atoms with Gasteiger partial charge >= 0.3 is 9.15 Å². The second-order valence-corrected chi connectivity index (χ2v) is 5.70. The van der Waals surface area contributed by atoms with Crippen LogP contribution in [0, 0.1) is 0 Å². The minimum Gasteiger partial charge on any atom is -0.318 e. The van der Waals surface area contributed by atoms with E-state index in [2.05, 4.69) is 0 Å². The number of rotatable bonds is 5. The van der Waals surface area contributed by atoms with Crippen LogP contribution in [0.4, 0.5) is 0 Å². The summed E-state index contributed by atoms with van der Waals surface area (Å²) in [5, 5.41) is -0.509. The fourth-order valence-electron chi connectivity index (χ4n) is 0.610. The van der Waals surface area contributed by atoms with Crippen LogP contribution in [0.1, 0.15) is 26.2 Å². The number of hydrogen-bond acceptors (Lipinski definition) is 4. The topological polar surface area (TPSA) is 80.4 Å². The van der Waals surface area contributed by atoms with Crippen molar-refractivity contribution >= 4 is 19.9 Å². The van der Waals surface area contributed by atoms with E-state index in [9.17, 15) is 8.42 Å². The van der Waals surface area contributed by atoms with Gasteiger partial charge in [0.25, 0.3) is 0 Å². The van der Waals surface area contributed by atoms with Gasteiger partial charge in [-0.25, -0.2) is 0 Å². The fraction of sp³-hybridized carbons (Fsp3) is 1.00. The van der Waals surface area contributed by atoms with E-state index < -0.39 is 14.5 Å². The lowest BCUT2D eigenvalue weighted by molar-refractivity contribution is 0.502. The van der Waals surface area contributed by atoms with Crippen LogP contribution in [-0.2, 0) is 9.15 Å². The standard InChI is InChI=1S/C5H13NO3S2/c1-2-3-4-5(6)10-11(7,8)9/h5H,2-4,6H2,1H3,(H,7,8,9). The molecule has 6 heteroatoms. The molecule has 1 atom stereocenters. The molecule has 0 saturated carbocycles. The molecular formula is C5H13NO3S2. The Balaban J connectivity index is 3.61. The maximum absolute atomic E-state index is 10.2. The van der Waals surface area contributed by atoms with E-state index in [1.54, 1.807) is 0 Å². The van der Waals surface area contributed by atoms with Crippen molar-refractivity contribution < 1.29 is 13.0 Å². The molecule has 0 bridgehead atoms. The van der Waals surface area contributed by atoms with Gasteiger partial charge in [-0.05, 0) is 6.42 Å². The van der Waals surface area contributed by atoms with Gasteiger partial charge in [0.1, 0.15) is 0 Å². The molecule has 0 aliphatic rings. The van der Waals surface area contributed by atoms with Gasteiger partial charge in [-0.15, -0.1) is 0 Å². The quantitative estimate of drug-likeness (QED) is 0.392. The van der Waals surface area contributed by atoms with Crippen molar-refractivity contribution in [2.45, 2.75) is 31.6 Å². The Labute approximate surface area is 70.7 Å². The van der Waals surface area contributed by atoms with Crippen LogP contribution in [0.3, 0.4) is 0 Å². The molecule has 0 aromatic rings. The summed E-state index contributed by atoms with van der Waals surface area (Å²) in [6.45, 7) is 1.99. The first-order chi connectivity index (χ1) is 4.95. The van der Waals surface area contributed by atoms with Gasteiger partial charge in [0, 0.05) is 10.8 Å². The van der Waals surface area contributed by atoms with Crippen LogP contribution in [0.25, 0.3) is 0 Å². The SMILES string of the molecule is CCCCC(N)SS(=O)(=O)O. The maximum atomic E-state index is 10.2. The van der Waals surface area contributed by atoms with E-state index >= 15 is 0 Å². The molecule has 0 rings (SSSR count). The Morgan fingerprint density at radius 2 is 2.18 bits per heavy atom. The molecule has 11 heavy (non-hydrogen) atoms. The Hall–Kier alpha value is 0.220. The first-order valence-electron chi connectivity index (χ1n) is 3.37. The minimum atomic E-state index is -3.96. The molecule has 0 heterocycles. The summed E-state index contributed by atoms with van der Waals surface area (Å²) in [4.78, 5) is 0. The Morgan fingerprint density at radius 1 is 1.64 bits per heavy atom. The lowest BCUT2D eigenvalue weighted by atomic mass is 10.2. The van der Waals surface area contributed by atoms with Crippen molar-refractivity contribution in [3.63, 3.8) is 0 Å². The highest BCUT2D eigenvalue weighted by atomic mass is 33.1. The van der Waals surface area contributed by atoms with Gasteiger partial charge in [-0.1, -0.05) is 19.8 Å². The molecule has 0 aliphatic carbocycles. The van der Waals surface area contributed by atoms with E-state index in [1.165, 1.54) is 0 Å². The van der Waals surface area contributed by atoms with Gasteiger partial charge in [0.2, 0.25) is 0 Å². The molecule has 0 spiro atoms. The van der Waals surface area contributed by atoms with Crippen LogP contribution in [-0.4, -0.2) is 18.3 Å². The van der Waals surface area contributed by atoms with E-state index in [0.717, 1.165) is 12.8 Å². The molecule has 0 fully saturated rings. The number of hydrogen-bond donors (Lipinski definition) is 2. The number of nitrogens with two attached hydrogens (primary N) is 1. The van der Waals surface area contributed by atoms with Crippen LogP contribution >= 0.6 is 10.8 Å². The Morgan fingerprint density at radius 3 is 2.55 bits per heavy atom. The lowest BCUT2D eigenvalue weighted by Gasteiger charge is -2.06. The summed E-state index contributed by atoms with van der Waals surface area (Å²) >= 11 is 0. The molecule has 0 aliphatic heterocycles. The molecular weight excluding hydrogens is 186 g/mol. The first-order valence-corrected chi connectivity index (χ1v) is 6.20. The van der Waals surface area contributed by atoms with E-state index in [0.29, 0.717) is 17.2 Å². The summed E-state index contributed by atoms with van der Waals surface area (Å²) in [7, 11) is -3.56. The van der Waals surface area contributed by atoms with Gasteiger partial charge in [0.05, 0.1) is 5.37 Å². The zero-order chi connectivity index (χ0) is 8.91. The van der Waals surface area contributed by atoms with Crippen molar-refractivity contribution in [3.8, 4) is 0 Å². The normalized spacial score (nSPS) is 14.8. The van der Waals surface area contributed by atoms with Crippen LogP contribution in [0.2, 0.25) is 0 Å². The molecule has 0 amide bonds. The average molecular weight is 199 g/mol. The first kappa shape index (κ1) is 11.2. The third kappa shape index (κ3) is 8.12. The second-order valence-electron chi connectivity index (χ2n) is 2.20. The largest absolute Gasteiger partial charge is 0.321 e. The maximum Gasteiger partial charge on any atom is 0.321 e. The van der Waals surface area contributed by atoms with Crippen LogP contribution in [0.15, 0.2) is 0 Å². The molecule has 0 aromatic carbocycles. The molecule has 0 aromatic heterocycles. The highest BCUT2D eigenvalue weighted by Gasteiger charge is 2.12. The van der Waals surface area contributed by atoms with Crippen molar-refractivity contribution in [2.24, 2.45) is 5.73 Å². The summed E-state index contributed by atoms with van der Waals surface area (Å²) in [6.07, 6.45) is 2.46. The van der Waals surface area contributed by atoms with Gasteiger partial charge in [-0.3, -0.25) is 4.55 Å². The molecule has 68 valence electrons. The monoisotopic (exact) mass is 199 g/mol. The smallest absolute Gasteiger partial charge is 0.318 e. The highest BCUT2D eigenvalue weighted by molar-refractivity contribution is 8.70. The van der Waals surface area contributed by atoms with E-state index in [1.807, 2.05) is 6.92 Å². The molecule has 3 N–H and O–H groups in total. The zero-order valence-corrected chi connectivity index (χ0v) is 7.99. The molecule has 4 nitrogen and oxygen atoms in total. The lowest BCUT2D eigenvalue weighted by Crippen LogP contribution is -2.17. The van der Waals surface area contributed by atoms with Gasteiger partial charge < -0.3 is 5.73 Å². The van der Waals surface area contributed by atoms with Crippen molar-refractivity contribution in [1.29, 1.82) is 0 Å². The Bertz CT molecular complexity index is 190. The second kappa shape index (κ2) is 4.97. The van der Waals surface area contributed by atoms with Crippen molar-refractivity contribution in [3.05, 3.63) is 0 Å². The molecule has 1 unspecified atom stereocenters. The highest BCUT2D eigenvalue weighted by Crippen LogP contribution is 2.17. The van der Waals surface area contributed by atoms with Gasteiger partial charge in [-0.2, -0.15) is 8.42 Å². The summed E-state index contributed by atoms with van der Waals surface area (Å²) < 4.78 is 28.8. The third-order valence-corrected chi connectivity index (χ3v) is 3.28. The molecule has 0 saturated heterocycles. The van der Waals surface area contributed by atoms with Crippen molar-refractivity contribution in [1.82, 2.24) is 0 Å². The minimum absolute atomic E-state index is 0.402. The van der Waals surface area contributed by atoms with E-state index in [4.69, 9.17) is 10.3 Å². The summed E-state index contributed by atoms with van der Waals surface area (Å²) in [6, 6.07) is 0. The number of unbranched alkanes of at least 4 members (excludes halogenated alkanes) is 1. The predicted octanol–water partition coefficient (Wildman–Crippen LogP) is 0.997. The Kier molecular flexibility index (Phi) is 5.07. The zero-order valence-electron chi connectivity index (χ0n) is 6.36. The predicted molar refractivity (Wildman–Crippen MR) is 46.6 cm³/mol. The van der Waals surface area contributed by atoms with Gasteiger partial charge in [0.15, 0.2) is 0 Å². The van der Waals surface area contributed by atoms with E-state index in [-0.39, 0.29) is 0 Å². The summed E-state index contributed by atoms with van der Waals surface area (Å²) in [5.74, 6) is 0. The summed E-state index contributed by atoms with van der Waals surface area (Å²) in [5.41, 5.74) is 5.37. The average Bonchev–Trinajstić information content (AvgIpc) is 1.79. The molecule has 0 radical (unpaired) electrons. The fourth-order valence-corrected chi connectivity index (χ4v) is 2.41.